The molecule has 34 heavy (non-hydrogen) atoms. The molecule has 1 amide bonds. The van der Waals surface area contributed by atoms with Crippen molar-refractivity contribution in [1.82, 2.24) is 10.2 Å². The number of aliphatic hydroxyl groups is 1. The minimum absolute atomic E-state index is 0.0854. The number of hydrogen-bond donors (Lipinski definition) is 2. The molecule has 0 radical (unpaired) electrons. The summed E-state index contributed by atoms with van der Waals surface area (Å²) in [5, 5.41) is 13.6. The molecule has 2 fully saturated rings. The number of carbonyl (C=O) groups is 1. The Hall–Kier alpha value is -3.17. The number of rotatable bonds is 9. The van der Waals surface area contributed by atoms with Gasteiger partial charge in [-0.25, -0.2) is 0 Å². The third kappa shape index (κ3) is 4.71. The topological polar surface area (TPSA) is 92.7 Å². The van der Waals surface area contributed by atoms with Crippen LogP contribution in [0, 0.1) is 0 Å². The highest BCUT2D eigenvalue weighted by molar-refractivity contribution is 5.93. The molecule has 2 aliphatic heterocycles. The number of para-hydroxylation sites is 1. The maximum atomic E-state index is 12.8. The number of nitrogens with one attached hydrogen (secondary N) is 1. The second-order valence-electron chi connectivity index (χ2n) is 8.59. The van der Waals surface area contributed by atoms with Crippen molar-refractivity contribution >= 4 is 11.6 Å². The third-order valence-corrected chi connectivity index (χ3v) is 6.64. The zero-order valence-electron chi connectivity index (χ0n) is 20.0. The fraction of sp³-hybridized carbons (Fsp3) is 0.480. The molecule has 2 aliphatic rings. The molecule has 2 heterocycles. The van der Waals surface area contributed by atoms with Crippen LogP contribution in [0.1, 0.15) is 12.8 Å². The largest absolute Gasteiger partial charge is 0.493 e. The summed E-state index contributed by atoms with van der Waals surface area (Å²) in [4.78, 5) is 17.2. The van der Waals surface area contributed by atoms with E-state index in [-0.39, 0.29) is 12.5 Å². The molecule has 2 N–H and O–H groups in total. The monoisotopic (exact) mass is 471 g/mol. The van der Waals surface area contributed by atoms with Crippen LogP contribution in [-0.4, -0.2) is 81.8 Å². The van der Waals surface area contributed by atoms with Crippen LogP contribution in [-0.2, 0) is 4.79 Å². The molecule has 1 unspecified atom stereocenters. The smallest absolute Gasteiger partial charge is 0.247 e. The molecule has 9 heteroatoms. The van der Waals surface area contributed by atoms with Crippen LogP contribution in [0.25, 0.3) is 0 Å². The van der Waals surface area contributed by atoms with E-state index in [1.54, 1.807) is 33.5 Å². The second-order valence-corrected chi connectivity index (χ2v) is 8.59. The molecule has 2 aromatic rings. The number of piperidine rings is 1. The van der Waals surface area contributed by atoms with E-state index in [0.29, 0.717) is 49.1 Å². The van der Waals surface area contributed by atoms with Gasteiger partial charge in [-0.3, -0.25) is 4.79 Å². The summed E-state index contributed by atoms with van der Waals surface area (Å²) in [7, 11) is 4.63. The Morgan fingerprint density at radius 1 is 1.03 bits per heavy atom. The lowest BCUT2D eigenvalue weighted by Gasteiger charge is -2.43. The van der Waals surface area contributed by atoms with Crippen LogP contribution in [0.3, 0.4) is 0 Å². The highest BCUT2D eigenvalue weighted by Crippen LogP contribution is 2.41. The molecule has 0 aliphatic carbocycles. The van der Waals surface area contributed by atoms with Crippen molar-refractivity contribution in [1.29, 1.82) is 0 Å². The molecular weight excluding hydrogens is 438 g/mol. The lowest BCUT2D eigenvalue weighted by atomic mass is 9.85. The highest BCUT2D eigenvalue weighted by Gasteiger charge is 2.50. The van der Waals surface area contributed by atoms with Gasteiger partial charge in [-0.1, -0.05) is 18.2 Å². The average Bonchev–Trinajstić information content (AvgIpc) is 3.19. The summed E-state index contributed by atoms with van der Waals surface area (Å²) in [6, 6.07) is 13.4. The molecule has 0 bridgehead atoms. The van der Waals surface area contributed by atoms with E-state index in [2.05, 4.69) is 15.1 Å². The molecule has 1 atom stereocenters. The quantitative estimate of drug-likeness (QED) is 0.573. The first-order chi connectivity index (χ1) is 16.5. The Balaban J connectivity index is 1.33. The van der Waals surface area contributed by atoms with Gasteiger partial charge in [0.2, 0.25) is 11.7 Å². The van der Waals surface area contributed by atoms with Crippen molar-refractivity contribution in [3.05, 3.63) is 42.5 Å². The molecule has 0 aromatic heterocycles. The predicted molar refractivity (Wildman–Crippen MR) is 128 cm³/mol. The lowest BCUT2D eigenvalue weighted by molar-refractivity contribution is -0.125. The van der Waals surface area contributed by atoms with Crippen molar-refractivity contribution in [2.45, 2.75) is 24.5 Å². The van der Waals surface area contributed by atoms with E-state index in [1.807, 2.05) is 30.3 Å². The van der Waals surface area contributed by atoms with Gasteiger partial charge in [0.25, 0.3) is 0 Å². The molecule has 184 valence electrons. The number of hydrogen-bond acceptors (Lipinski definition) is 8. The Morgan fingerprint density at radius 2 is 1.68 bits per heavy atom. The highest BCUT2D eigenvalue weighted by atomic mass is 16.5. The van der Waals surface area contributed by atoms with E-state index in [0.717, 1.165) is 18.8 Å². The van der Waals surface area contributed by atoms with Crippen LogP contribution >= 0.6 is 0 Å². The lowest BCUT2D eigenvalue weighted by Crippen LogP contribution is -2.57. The standard InChI is InChI=1S/C25H33N3O6/c1-31-21-13-20(14-22(32-2)23(21)33-3)34-16-19(29)15-27-11-9-25(10-12-27)24(30)26-17-28(25)18-7-5-4-6-8-18/h4-8,13-14,19,29H,9-12,15-17H2,1-3H3,(H,26,30). The molecule has 9 nitrogen and oxygen atoms in total. The van der Waals surface area contributed by atoms with Gasteiger partial charge in [-0.2, -0.15) is 0 Å². The number of nitrogens with zero attached hydrogens (tertiary/aromatic N) is 2. The molecule has 4 rings (SSSR count). The second kappa shape index (κ2) is 10.4. The SMILES string of the molecule is COc1cc(OCC(O)CN2CCC3(CC2)C(=O)NCN3c2ccccc2)cc(OC)c1OC. The summed E-state index contributed by atoms with van der Waals surface area (Å²) in [5.74, 6) is 2.08. The Labute approximate surface area is 200 Å². The molecule has 0 saturated carbocycles. The maximum Gasteiger partial charge on any atom is 0.247 e. The van der Waals surface area contributed by atoms with Gasteiger partial charge in [-0.15, -0.1) is 0 Å². The number of anilines is 1. The van der Waals surface area contributed by atoms with E-state index in [1.165, 1.54) is 0 Å². The fourth-order valence-electron chi connectivity index (χ4n) is 4.82. The van der Waals surface area contributed by atoms with Crippen LogP contribution in [0.5, 0.6) is 23.0 Å². The van der Waals surface area contributed by atoms with Gasteiger partial charge in [-0.05, 0) is 25.0 Å². The number of carbonyl (C=O) groups excluding carboxylic acids is 1. The summed E-state index contributed by atoms with van der Waals surface area (Å²) in [6.07, 6.45) is 0.721. The summed E-state index contributed by atoms with van der Waals surface area (Å²) < 4.78 is 21.8. The normalized spacial score (nSPS) is 18.5. The number of ether oxygens (including phenoxy) is 4. The minimum atomic E-state index is -0.684. The number of amides is 1. The number of aliphatic hydroxyl groups excluding tert-OH is 1. The fourth-order valence-corrected chi connectivity index (χ4v) is 4.82. The number of β-amino-alcohol motifs (C(OH)–C–C–N with tert-alkyl or cyclic N) is 1. The number of methoxy groups -OCH3 is 3. The molecule has 2 aromatic carbocycles. The van der Waals surface area contributed by atoms with Crippen LogP contribution in [0.4, 0.5) is 5.69 Å². The van der Waals surface area contributed by atoms with Gasteiger partial charge in [0, 0.05) is 37.5 Å². The third-order valence-electron chi connectivity index (χ3n) is 6.64. The minimum Gasteiger partial charge on any atom is -0.493 e. The van der Waals surface area contributed by atoms with Crippen molar-refractivity contribution < 1.29 is 28.8 Å². The van der Waals surface area contributed by atoms with Gasteiger partial charge in [0.1, 0.15) is 24.0 Å². The van der Waals surface area contributed by atoms with Crippen molar-refractivity contribution in [2.75, 3.05) is 59.1 Å². The first-order valence-electron chi connectivity index (χ1n) is 11.4. The summed E-state index contributed by atoms with van der Waals surface area (Å²) in [5.41, 5.74) is 0.517. The predicted octanol–water partition coefficient (Wildman–Crippen LogP) is 1.88. The first-order valence-corrected chi connectivity index (χ1v) is 11.4. The van der Waals surface area contributed by atoms with Crippen LogP contribution < -0.4 is 29.2 Å². The van der Waals surface area contributed by atoms with Crippen molar-refractivity contribution in [3.63, 3.8) is 0 Å². The molecular formula is C25H33N3O6. The Kier molecular flexibility index (Phi) is 7.33. The summed E-state index contributed by atoms with van der Waals surface area (Å²) >= 11 is 0. The number of benzene rings is 2. The Bertz CT molecular complexity index is 953. The van der Waals surface area contributed by atoms with Gasteiger partial charge < -0.3 is 39.2 Å². The Morgan fingerprint density at radius 3 is 2.26 bits per heavy atom. The van der Waals surface area contributed by atoms with Gasteiger partial charge >= 0.3 is 0 Å². The van der Waals surface area contributed by atoms with E-state index in [9.17, 15) is 9.90 Å². The first kappa shape index (κ1) is 24.0. The van der Waals surface area contributed by atoms with E-state index >= 15 is 0 Å². The van der Waals surface area contributed by atoms with Crippen molar-refractivity contribution in [2.24, 2.45) is 0 Å². The van der Waals surface area contributed by atoms with Crippen LogP contribution in [0.2, 0.25) is 0 Å². The van der Waals surface area contributed by atoms with Crippen LogP contribution in [0.15, 0.2) is 42.5 Å². The zero-order valence-corrected chi connectivity index (χ0v) is 20.0. The molecule has 1 spiro atoms. The van der Waals surface area contributed by atoms with E-state index in [4.69, 9.17) is 18.9 Å². The van der Waals surface area contributed by atoms with E-state index < -0.39 is 11.6 Å². The zero-order chi connectivity index (χ0) is 24.1. The number of likely N-dealkylation sites (tertiary alicyclic amines) is 1. The van der Waals surface area contributed by atoms with Gasteiger partial charge in [0.05, 0.1) is 28.0 Å². The summed E-state index contributed by atoms with van der Waals surface area (Å²) in [6.45, 7) is 2.55. The van der Waals surface area contributed by atoms with Gasteiger partial charge in [0.15, 0.2) is 11.5 Å². The molecule has 2 saturated heterocycles. The van der Waals surface area contributed by atoms with Crippen molar-refractivity contribution in [3.8, 4) is 23.0 Å². The maximum absolute atomic E-state index is 12.8. The average molecular weight is 472 g/mol.